The van der Waals surface area contributed by atoms with E-state index in [2.05, 4.69) is 17.1 Å². The number of hydrogen-bond donors (Lipinski definition) is 1. The second kappa shape index (κ2) is 7.65. The van der Waals surface area contributed by atoms with Crippen LogP contribution in [0.5, 0.6) is 0 Å². The van der Waals surface area contributed by atoms with E-state index in [4.69, 9.17) is 32.5 Å². The number of amides is 1. The molecule has 2 aliphatic heterocycles. The van der Waals surface area contributed by atoms with Gasteiger partial charge in [-0.05, 0) is 36.5 Å². The highest BCUT2D eigenvalue weighted by atomic mass is 35.5. The van der Waals surface area contributed by atoms with Crippen molar-refractivity contribution in [1.29, 1.82) is 0 Å². The third-order valence-corrected chi connectivity index (χ3v) is 7.24. The molecule has 0 saturated carbocycles. The number of aromatic amines is 1. The highest BCUT2D eigenvalue weighted by Crippen LogP contribution is 2.41. The second-order valence-electron chi connectivity index (χ2n) is 8.30. The molecule has 1 fully saturated rings. The van der Waals surface area contributed by atoms with Gasteiger partial charge < -0.3 is 19.1 Å². The molecule has 31 heavy (non-hydrogen) atoms. The Kier molecular flexibility index (Phi) is 5.07. The number of fused-ring (bicyclic) bond motifs is 2. The van der Waals surface area contributed by atoms with Crippen LogP contribution in [0.3, 0.4) is 0 Å². The molecule has 1 saturated heterocycles. The van der Waals surface area contributed by atoms with Crippen LogP contribution in [-0.4, -0.2) is 40.7 Å². The van der Waals surface area contributed by atoms with Gasteiger partial charge in [0.05, 0.1) is 47.6 Å². The van der Waals surface area contributed by atoms with Crippen molar-refractivity contribution in [2.45, 2.75) is 32.7 Å². The van der Waals surface area contributed by atoms with Crippen LogP contribution in [0.25, 0.3) is 11.0 Å². The lowest BCUT2D eigenvalue weighted by Gasteiger charge is -2.34. The fraction of sp³-hybridized carbons (Fsp3) is 0.409. The van der Waals surface area contributed by atoms with Crippen molar-refractivity contribution in [3.8, 4) is 0 Å². The first-order valence-electron chi connectivity index (χ1n) is 10.2. The topological polar surface area (TPSA) is 88.4 Å². The Bertz CT molecular complexity index is 1260. The van der Waals surface area contributed by atoms with Crippen LogP contribution in [0.15, 0.2) is 21.6 Å². The van der Waals surface area contributed by atoms with Crippen LogP contribution in [0.1, 0.15) is 45.6 Å². The van der Waals surface area contributed by atoms with Crippen molar-refractivity contribution in [3.63, 3.8) is 0 Å². The quantitative estimate of drug-likeness (QED) is 0.632. The maximum atomic E-state index is 13.5. The molecule has 1 atom stereocenters. The van der Waals surface area contributed by atoms with E-state index in [0.29, 0.717) is 69.9 Å². The van der Waals surface area contributed by atoms with Crippen molar-refractivity contribution in [2.75, 3.05) is 19.8 Å². The Morgan fingerprint density at radius 2 is 2.10 bits per heavy atom. The lowest BCUT2D eigenvalue weighted by molar-refractivity contribution is -0.0423. The van der Waals surface area contributed by atoms with Crippen LogP contribution in [0.2, 0.25) is 10.0 Å². The fourth-order valence-corrected chi connectivity index (χ4v) is 5.16. The molecule has 0 aliphatic carbocycles. The van der Waals surface area contributed by atoms with E-state index in [1.54, 1.807) is 11.8 Å². The van der Waals surface area contributed by atoms with Gasteiger partial charge in [-0.1, -0.05) is 35.3 Å². The summed E-state index contributed by atoms with van der Waals surface area (Å²) in [5.41, 5.74) is 3.36. The van der Waals surface area contributed by atoms with Gasteiger partial charge in [-0.2, -0.15) is 0 Å². The molecule has 162 valence electrons. The van der Waals surface area contributed by atoms with Gasteiger partial charge in [-0.15, -0.1) is 0 Å². The van der Waals surface area contributed by atoms with Gasteiger partial charge in [0.2, 0.25) is 0 Å². The van der Waals surface area contributed by atoms with Gasteiger partial charge in [0, 0.05) is 23.0 Å². The molecule has 3 aromatic rings. The zero-order chi connectivity index (χ0) is 21.9. The minimum absolute atomic E-state index is 0.129. The predicted octanol–water partition coefficient (Wildman–Crippen LogP) is 4.08. The number of H-pyrrole nitrogens is 1. The molecule has 0 radical (unpaired) electrons. The van der Waals surface area contributed by atoms with Gasteiger partial charge in [-0.3, -0.25) is 9.59 Å². The molecule has 5 rings (SSSR count). The third kappa shape index (κ3) is 3.26. The smallest absolute Gasteiger partial charge is 0.256 e. The molecule has 2 aromatic heterocycles. The monoisotopic (exact) mass is 461 g/mol. The van der Waals surface area contributed by atoms with E-state index in [0.717, 1.165) is 11.1 Å². The summed E-state index contributed by atoms with van der Waals surface area (Å²) in [6.45, 7) is 5.76. The average Bonchev–Trinajstić information content (AvgIpc) is 3.17. The molecule has 2 aliphatic rings. The predicted molar refractivity (Wildman–Crippen MR) is 117 cm³/mol. The molecule has 7 nitrogen and oxygen atoms in total. The summed E-state index contributed by atoms with van der Waals surface area (Å²) in [6.07, 6.45) is 2.08. The van der Waals surface area contributed by atoms with Crippen molar-refractivity contribution in [1.82, 2.24) is 15.0 Å². The Hall–Kier alpha value is -2.35. The summed E-state index contributed by atoms with van der Waals surface area (Å²) in [5.74, 6) is 0.259. The molecular weight excluding hydrogens is 441 g/mol. The highest BCUT2D eigenvalue weighted by Gasteiger charge is 2.34. The molecule has 0 bridgehead atoms. The number of hydrogen-bond acceptors (Lipinski definition) is 5. The molecule has 1 unspecified atom stereocenters. The van der Waals surface area contributed by atoms with Gasteiger partial charge in [-0.25, -0.2) is 0 Å². The first-order chi connectivity index (χ1) is 14.9. The number of ether oxygens (including phenoxy) is 1. The zero-order valence-corrected chi connectivity index (χ0v) is 18.6. The summed E-state index contributed by atoms with van der Waals surface area (Å²) in [5, 5.41) is 5.43. The Labute approximate surface area is 188 Å². The average molecular weight is 462 g/mol. The number of aromatic nitrogens is 2. The van der Waals surface area contributed by atoms with E-state index in [1.807, 2.05) is 6.07 Å². The summed E-state index contributed by atoms with van der Waals surface area (Å²) >= 11 is 13.3. The number of halogens is 2. The minimum Gasteiger partial charge on any atom is -0.381 e. The van der Waals surface area contributed by atoms with Crippen molar-refractivity contribution in [3.05, 3.63) is 60.6 Å². The summed E-state index contributed by atoms with van der Waals surface area (Å²) in [7, 11) is 0. The first kappa shape index (κ1) is 20.5. The SMILES string of the molecule is Cc1[nH]c(=O)c(CN2CCc3c(Cl)cc(C(C)C4COC4)c(Cl)c3C2=O)c2cnoc12. The maximum Gasteiger partial charge on any atom is 0.256 e. The fourth-order valence-electron chi connectivity index (χ4n) is 4.43. The summed E-state index contributed by atoms with van der Waals surface area (Å²) < 4.78 is 10.6. The number of nitrogens with zero attached hydrogens (tertiary/aromatic N) is 2. The maximum absolute atomic E-state index is 13.5. The van der Waals surface area contributed by atoms with E-state index < -0.39 is 0 Å². The third-order valence-electron chi connectivity index (χ3n) is 6.50. The van der Waals surface area contributed by atoms with E-state index >= 15 is 0 Å². The number of carbonyl (C=O) groups is 1. The Morgan fingerprint density at radius 3 is 2.81 bits per heavy atom. The lowest BCUT2D eigenvalue weighted by Crippen LogP contribution is -2.39. The minimum atomic E-state index is -0.261. The van der Waals surface area contributed by atoms with Crippen LogP contribution in [0, 0.1) is 12.8 Å². The molecule has 1 N–H and O–H groups in total. The van der Waals surface area contributed by atoms with E-state index in [9.17, 15) is 9.59 Å². The molecule has 1 amide bonds. The van der Waals surface area contributed by atoms with Crippen LogP contribution in [-0.2, 0) is 17.7 Å². The van der Waals surface area contributed by atoms with Crippen molar-refractivity contribution in [2.24, 2.45) is 5.92 Å². The Morgan fingerprint density at radius 1 is 1.32 bits per heavy atom. The van der Waals surface area contributed by atoms with Crippen molar-refractivity contribution >= 4 is 40.1 Å². The molecule has 4 heterocycles. The first-order valence-corrected chi connectivity index (χ1v) is 11.0. The Balaban J connectivity index is 1.53. The number of rotatable bonds is 4. The largest absolute Gasteiger partial charge is 0.381 e. The van der Waals surface area contributed by atoms with Gasteiger partial charge in [0.1, 0.15) is 0 Å². The standard InChI is InChI=1S/C22H21Cl2N3O4/c1-10(12-8-30-9-12)14-5-17(23)13-3-4-27(22(29)18(13)19(14)24)7-16-15-6-25-31-20(15)11(2)26-21(16)28/h5-6,10,12H,3-4,7-9H2,1-2H3,(H,26,28). The van der Waals surface area contributed by atoms with Gasteiger partial charge in [0.25, 0.3) is 11.5 Å². The number of carbonyl (C=O) groups excluding carboxylic acids is 1. The van der Waals surface area contributed by atoms with Crippen LogP contribution >= 0.6 is 23.2 Å². The second-order valence-corrected chi connectivity index (χ2v) is 9.09. The van der Waals surface area contributed by atoms with E-state index in [-0.39, 0.29) is 23.9 Å². The number of nitrogens with one attached hydrogen (secondary N) is 1. The molecular formula is C22H21Cl2N3O4. The number of benzene rings is 1. The van der Waals surface area contributed by atoms with E-state index in [1.165, 1.54) is 6.20 Å². The van der Waals surface area contributed by atoms with Gasteiger partial charge in [0.15, 0.2) is 5.58 Å². The number of aryl methyl sites for hydroxylation is 1. The highest BCUT2D eigenvalue weighted by molar-refractivity contribution is 6.37. The van der Waals surface area contributed by atoms with Crippen molar-refractivity contribution < 1.29 is 14.1 Å². The van der Waals surface area contributed by atoms with Gasteiger partial charge >= 0.3 is 0 Å². The lowest BCUT2D eigenvalue weighted by atomic mass is 9.84. The molecule has 1 aromatic carbocycles. The zero-order valence-electron chi connectivity index (χ0n) is 17.1. The van der Waals surface area contributed by atoms with Crippen LogP contribution in [0.4, 0.5) is 0 Å². The van der Waals surface area contributed by atoms with Crippen LogP contribution < -0.4 is 5.56 Å². The summed E-state index contributed by atoms with van der Waals surface area (Å²) in [6, 6.07) is 1.89. The summed E-state index contributed by atoms with van der Waals surface area (Å²) in [4.78, 5) is 30.5. The normalized spacial score (nSPS) is 17.7. The molecule has 9 heteroatoms. The molecule has 0 spiro atoms. The number of pyridine rings is 1.